The number of aryl methyl sites for hydroxylation is 1. The molecule has 1 atom stereocenters. The average molecular weight is 293 g/mol. The molecule has 1 aliphatic heterocycles. The van der Waals surface area contributed by atoms with Crippen LogP contribution < -0.4 is 4.90 Å². The van der Waals surface area contributed by atoms with Gasteiger partial charge in [0.15, 0.2) is 0 Å². The number of fused-ring (bicyclic) bond motifs is 1. The first-order chi connectivity index (χ1) is 10.9. The van der Waals surface area contributed by atoms with Crippen molar-refractivity contribution in [1.82, 2.24) is 19.5 Å². The summed E-state index contributed by atoms with van der Waals surface area (Å²) < 4.78 is 2.32. The lowest BCUT2D eigenvalue weighted by atomic mass is 10.2. The third kappa shape index (κ3) is 2.04. The molecule has 3 heterocycles. The van der Waals surface area contributed by atoms with Gasteiger partial charge in [0.05, 0.1) is 17.1 Å². The van der Waals surface area contributed by atoms with Crippen LogP contribution in [-0.4, -0.2) is 26.1 Å². The Bertz CT molecular complexity index is 780. The molecule has 5 heteroatoms. The van der Waals surface area contributed by atoms with Crippen LogP contribution in [0.5, 0.6) is 0 Å². The zero-order valence-electron chi connectivity index (χ0n) is 12.7. The first kappa shape index (κ1) is 13.2. The van der Waals surface area contributed by atoms with Gasteiger partial charge in [0.1, 0.15) is 5.82 Å². The minimum Gasteiger partial charge on any atom is -0.331 e. The first-order valence-electron chi connectivity index (χ1n) is 7.87. The van der Waals surface area contributed by atoms with Gasteiger partial charge in [-0.3, -0.25) is 0 Å². The molecule has 0 bridgehead atoms. The molecule has 0 spiro atoms. The zero-order chi connectivity index (χ0) is 14.9. The molecule has 112 valence electrons. The summed E-state index contributed by atoms with van der Waals surface area (Å²) in [7, 11) is 0. The topological polar surface area (TPSA) is 46.8 Å². The Labute approximate surface area is 129 Å². The fraction of sp³-hybridized carbons (Fsp3) is 0.353. The number of hydrogen-bond donors (Lipinski definition) is 0. The van der Waals surface area contributed by atoms with Gasteiger partial charge in [0, 0.05) is 25.5 Å². The molecule has 0 N–H and O–H groups in total. The van der Waals surface area contributed by atoms with Gasteiger partial charge in [-0.2, -0.15) is 0 Å². The lowest BCUT2D eigenvalue weighted by molar-refractivity contribution is 0.602. The third-order valence-electron chi connectivity index (χ3n) is 4.36. The minimum absolute atomic E-state index is 0.259. The van der Waals surface area contributed by atoms with E-state index in [2.05, 4.69) is 44.6 Å². The van der Waals surface area contributed by atoms with Crippen molar-refractivity contribution in [3.8, 4) is 0 Å². The van der Waals surface area contributed by atoms with Gasteiger partial charge in [0.2, 0.25) is 5.95 Å². The normalized spacial score (nSPS) is 18.2. The molecule has 1 fully saturated rings. The van der Waals surface area contributed by atoms with Crippen LogP contribution in [0.3, 0.4) is 0 Å². The molecular formula is C17H19N5. The highest BCUT2D eigenvalue weighted by atomic mass is 15.3. The molecule has 1 aromatic carbocycles. The molecule has 3 aromatic rings. The molecular weight excluding hydrogens is 274 g/mol. The number of anilines is 1. The van der Waals surface area contributed by atoms with Crippen LogP contribution in [0.4, 0.5) is 5.95 Å². The van der Waals surface area contributed by atoms with Crippen LogP contribution in [0.1, 0.15) is 31.6 Å². The molecule has 2 aromatic heterocycles. The third-order valence-corrected chi connectivity index (χ3v) is 4.36. The monoisotopic (exact) mass is 293 g/mol. The van der Waals surface area contributed by atoms with Gasteiger partial charge in [-0.25, -0.2) is 15.0 Å². The Balaban J connectivity index is 1.80. The lowest BCUT2D eigenvalue weighted by Crippen LogP contribution is -2.26. The van der Waals surface area contributed by atoms with Crippen LogP contribution in [-0.2, 0) is 6.54 Å². The Hall–Kier alpha value is -2.43. The van der Waals surface area contributed by atoms with Crippen molar-refractivity contribution < 1.29 is 0 Å². The van der Waals surface area contributed by atoms with Crippen molar-refractivity contribution in [2.45, 2.75) is 32.4 Å². The van der Waals surface area contributed by atoms with E-state index in [9.17, 15) is 0 Å². The van der Waals surface area contributed by atoms with Crippen molar-refractivity contribution in [2.24, 2.45) is 0 Å². The van der Waals surface area contributed by atoms with E-state index < -0.39 is 0 Å². The van der Waals surface area contributed by atoms with E-state index in [4.69, 9.17) is 4.98 Å². The maximum atomic E-state index is 4.91. The SMILES string of the molecule is CCn1c(C2CCCN2c2ncccn2)nc2ccccc21. The molecule has 0 amide bonds. The van der Waals surface area contributed by atoms with Crippen LogP contribution in [0.15, 0.2) is 42.7 Å². The van der Waals surface area contributed by atoms with Gasteiger partial charge in [-0.05, 0) is 38.0 Å². The molecule has 1 saturated heterocycles. The van der Waals surface area contributed by atoms with Crippen LogP contribution in [0, 0.1) is 0 Å². The number of para-hydroxylation sites is 2. The highest BCUT2D eigenvalue weighted by Crippen LogP contribution is 2.35. The average Bonchev–Trinajstić information content (AvgIpc) is 3.19. The Morgan fingerprint density at radius 2 is 1.95 bits per heavy atom. The van der Waals surface area contributed by atoms with Crippen LogP contribution in [0.25, 0.3) is 11.0 Å². The van der Waals surface area contributed by atoms with Crippen molar-refractivity contribution in [1.29, 1.82) is 0 Å². The Morgan fingerprint density at radius 1 is 1.14 bits per heavy atom. The summed E-state index contributed by atoms with van der Waals surface area (Å²) >= 11 is 0. The smallest absolute Gasteiger partial charge is 0.225 e. The largest absolute Gasteiger partial charge is 0.331 e. The highest BCUT2D eigenvalue weighted by Gasteiger charge is 2.31. The van der Waals surface area contributed by atoms with Crippen molar-refractivity contribution >= 4 is 17.0 Å². The van der Waals surface area contributed by atoms with Crippen molar-refractivity contribution in [3.05, 3.63) is 48.5 Å². The van der Waals surface area contributed by atoms with E-state index in [0.717, 1.165) is 43.2 Å². The maximum absolute atomic E-state index is 4.91. The first-order valence-corrected chi connectivity index (χ1v) is 7.87. The molecule has 0 aliphatic carbocycles. The van der Waals surface area contributed by atoms with E-state index in [1.165, 1.54) is 5.52 Å². The summed E-state index contributed by atoms with van der Waals surface area (Å²) in [6, 6.07) is 10.5. The number of hydrogen-bond acceptors (Lipinski definition) is 4. The Morgan fingerprint density at radius 3 is 2.77 bits per heavy atom. The van der Waals surface area contributed by atoms with E-state index >= 15 is 0 Å². The number of benzene rings is 1. The van der Waals surface area contributed by atoms with Gasteiger partial charge in [0.25, 0.3) is 0 Å². The van der Waals surface area contributed by atoms with E-state index in [-0.39, 0.29) is 6.04 Å². The minimum atomic E-state index is 0.259. The summed E-state index contributed by atoms with van der Waals surface area (Å²) in [5.41, 5.74) is 2.28. The molecule has 1 aliphatic rings. The summed E-state index contributed by atoms with van der Waals surface area (Å²) in [5, 5.41) is 0. The highest BCUT2D eigenvalue weighted by molar-refractivity contribution is 5.76. The summed E-state index contributed by atoms with van der Waals surface area (Å²) in [6.45, 7) is 4.09. The van der Waals surface area contributed by atoms with E-state index in [1.807, 2.05) is 12.1 Å². The molecule has 4 rings (SSSR count). The maximum Gasteiger partial charge on any atom is 0.225 e. The van der Waals surface area contributed by atoms with Gasteiger partial charge < -0.3 is 9.47 Å². The number of imidazole rings is 1. The Kier molecular flexibility index (Phi) is 3.25. The van der Waals surface area contributed by atoms with Gasteiger partial charge in [-0.1, -0.05) is 12.1 Å². The van der Waals surface area contributed by atoms with E-state index in [0.29, 0.717) is 0 Å². The fourth-order valence-electron chi connectivity index (χ4n) is 3.39. The fourth-order valence-corrected chi connectivity index (χ4v) is 3.39. The standard InChI is InChI=1S/C17H19N5/c1-2-21-14-8-4-3-7-13(14)20-16(21)15-9-5-12-22(15)17-18-10-6-11-19-17/h3-4,6-8,10-11,15H,2,5,9,12H2,1H3. The van der Waals surface area contributed by atoms with Crippen molar-refractivity contribution in [3.63, 3.8) is 0 Å². The quantitative estimate of drug-likeness (QED) is 0.744. The number of aromatic nitrogens is 4. The van der Waals surface area contributed by atoms with E-state index in [1.54, 1.807) is 12.4 Å². The van der Waals surface area contributed by atoms with Gasteiger partial charge in [-0.15, -0.1) is 0 Å². The summed E-state index contributed by atoms with van der Waals surface area (Å²) in [6.07, 6.45) is 5.86. The summed E-state index contributed by atoms with van der Waals surface area (Å²) in [4.78, 5) is 16.0. The molecule has 5 nitrogen and oxygen atoms in total. The van der Waals surface area contributed by atoms with Crippen LogP contribution >= 0.6 is 0 Å². The predicted octanol–water partition coefficient (Wildman–Crippen LogP) is 3.19. The second-order valence-electron chi connectivity index (χ2n) is 5.60. The number of nitrogens with zero attached hydrogens (tertiary/aromatic N) is 5. The molecule has 1 unspecified atom stereocenters. The molecule has 22 heavy (non-hydrogen) atoms. The predicted molar refractivity (Wildman–Crippen MR) is 86.8 cm³/mol. The summed E-state index contributed by atoms with van der Waals surface area (Å²) in [5.74, 6) is 1.94. The lowest BCUT2D eigenvalue weighted by Gasteiger charge is -2.24. The second kappa shape index (κ2) is 5.40. The molecule has 0 radical (unpaired) electrons. The number of rotatable bonds is 3. The molecule has 0 saturated carbocycles. The van der Waals surface area contributed by atoms with Gasteiger partial charge >= 0.3 is 0 Å². The zero-order valence-corrected chi connectivity index (χ0v) is 12.7. The second-order valence-corrected chi connectivity index (χ2v) is 5.60. The van der Waals surface area contributed by atoms with Crippen molar-refractivity contribution in [2.75, 3.05) is 11.4 Å². The van der Waals surface area contributed by atoms with Crippen LogP contribution in [0.2, 0.25) is 0 Å².